The molecule has 0 amide bonds. The Morgan fingerprint density at radius 3 is 2.29 bits per heavy atom. The third-order valence-electron chi connectivity index (χ3n) is 5.16. The van der Waals surface area contributed by atoms with Crippen LogP contribution in [0.5, 0.6) is 0 Å². The lowest BCUT2D eigenvalue weighted by Crippen LogP contribution is -2.47. The average molecular weight is 344 g/mol. The molecule has 2 nitrogen and oxygen atoms in total. The molecule has 132 valence electrons. The molecule has 1 aliphatic heterocycles. The first-order chi connectivity index (χ1) is 11.1. The van der Waals surface area contributed by atoms with Crippen molar-refractivity contribution in [2.24, 2.45) is 16.5 Å². The van der Waals surface area contributed by atoms with E-state index in [2.05, 4.69) is 95.4 Å². The molecule has 0 saturated carbocycles. The van der Waals surface area contributed by atoms with Gasteiger partial charge in [-0.25, -0.2) is 0 Å². The second-order valence-corrected chi connectivity index (χ2v) is 13.6. The first kappa shape index (κ1) is 19.0. The van der Waals surface area contributed by atoms with Crippen LogP contribution < -0.4 is 5.19 Å². The number of allylic oxidation sites excluding steroid dienone is 1. The normalized spacial score (nSPS) is 20.3. The fourth-order valence-electron chi connectivity index (χ4n) is 3.54. The van der Waals surface area contributed by atoms with Crippen molar-refractivity contribution in [1.29, 1.82) is 0 Å². The summed E-state index contributed by atoms with van der Waals surface area (Å²) in [6.45, 7) is 16.2. The van der Waals surface area contributed by atoms with E-state index in [1.54, 1.807) is 0 Å². The van der Waals surface area contributed by atoms with Crippen molar-refractivity contribution in [3.63, 3.8) is 0 Å². The molecule has 0 aliphatic carbocycles. The molecule has 0 spiro atoms. The van der Waals surface area contributed by atoms with Gasteiger partial charge in [0.15, 0.2) is 6.10 Å². The van der Waals surface area contributed by atoms with Crippen molar-refractivity contribution in [3.05, 3.63) is 42.5 Å². The largest absolute Gasteiger partial charge is 0.388 e. The summed E-state index contributed by atoms with van der Waals surface area (Å²) in [5.41, 5.74) is 1.85. The Bertz CT molecular complexity index is 596. The summed E-state index contributed by atoms with van der Waals surface area (Å²) >= 11 is 0. The van der Waals surface area contributed by atoms with Gasteiger partial charge in [0.1, 0.15) is 0 Å². The predicted molar refractivity (Wildman–Crippen MR) is 108 cm³/mol. The zero-order chi connectivity index (χ0) is 18.0. The summed E-state index contributed by atoms with van der Waals surface area (Å²) in [4.78, 5) is 5.66. The lowest BCUT2D eigenvalue weighted by molar-refractivity contribution is 0.119. The van der Waals surface area contributed by atoms with Gasteiger partial charge in [-0.05, 0) is 17.5 Å². The number of nitrogens with zero attached hydrogens (tertiary/aromatic N) is 1. The van der Waals surface area contributed by atoms with Crippen LogP contribution in [0.15, 0.2) is 47.6 Å². The zero-order valence-corrected chi connectivity index (χ0v) is 17.3. The van der Waals surface area contributed by atoms with E-state index in [9.17, 15) is 0 Å². The summed E-state index contributed by atoms with van der Waals surface area (Å²) in [6.07, 6.45) is 5.68. The lowest BCUT2D eigenvalue weighted by atomic mass is 9.87. The van der Waals surface area contributed by atoms with Crippen LogP contribution >= 0.6 is 0 Å². The highest BCUT2D eigenvalue weighted by Crippen LogP contribution is 2.32. The molecule has 1 heterocycles. The highest BCUT2D eigenvalue weighted by molar-refractivity contribution is 6.91. The Morgan fingerprint density at radius 2 is 1.79 bits per heavy atom. The van der Waals surface area contributed by atoms with Crippen molar-refractivity contribution in [2.75, 3.05) is 0 Å². The Kier molecular flexibility index (Phi) is 5.74. The monoisotopic (exact) mass is 343 g/mol. The molecule has 0 fully saturated rings. The van der Waals surface area contributed by atoms with E-state index in [4.69, 9.17) is 4.84 Å². The van der Waals surface area contributed by atoms with Gasteiger partial charge in [-0.3, -0.25) is 0 Å². The Labute approximate surface area is 149 Å². The van der Waals surface area contributed by atoms with Crippen LogP contribution in [-0.4, -0.2) is 19.9 Å². The van der Waals surface area contributed by atoms with Gasteiger partial charge in [0.25, 0.3) is 0 Å². The minimum absolute atomic E-state index is 0.0953. The van der Waals surface area contributed by atoms with Crippen molar-refractivity contribution in [2.45, 2.75) is 65.8 Å². The van der Waals surface area contributed by atoms with E-state index in [1.165, 1.54) is 5.19 Å². The minimum atomic E-state index is -1.58. The summed E-state index contributed by atoms with van der Waals surface area (Å²) < 4.78 is 0. The molecule has 0 aromatic heterocycles. The topological polar surface area (TPSA) is 21.6 Å². The summed E-state index contributed by atoms with van der Waals surface area (Å²) in [6, 6.07) is 11.0. The van der Waals surface area contributed by atoms with Crippen LogP contribution in [-0.2, 0) is 4.84 Å². The van der Waals surface area contributed by atoms with Gasteiger partial charge in [-0.2, -0.15) is 0 Å². The van der Waals surface area contributed by atoms with Crippen LogP contribution in [0.25, 0.3) is 0 Å². The Balaban J connectivity index is 2.13. The molecular formula is C21H33NOSi. The molecule has 0 saturated heterocycles. The first-order valence-corrected chi connectivity index (χ1v) is 12.2. The summed E-state index contributed by atoms with van der Waals surface area (Å²) in [7, 11) is -1.58. The fraction of sp³-hybridized carbons (Fsp3) is 0.571. The van der Waals surface area contributed by atoms with E-state index < -0.39 is 8.07 Å². The van der Waals surface area contributed by atoms with Crippen LogP contribution in [0, 0.1) is 11.3 Å². The van der Waals surface area contributed by atoms with E-state index in [0.29, 0.717) is 11.5 Å². The highest BCUT2D eigenvalue weighted by atomic mass is 28.3. The molecule has 2 rings (SSSR count). The van der Waals surface area contributed by atoms with Crippen molar-refractivity contribution in [1.82, 2.24) is 0 Å². The molecule has 2 atom stereocenters. The van der Waals surface area contributed by atoms with Crippen LogP contribution in [0.4, 0.5) is 0 Å². The molecule has 1 aromatic rings. The van der Waals surface area contributed by atoms with Gasteiger partial charge in [0.2, 0.25) is 0 Å². The molecule has 1 aliphatic rings. The minimum Gasteiger partial charge on any atom is -0.388 e. The van der Waals surface area contributed by atoms with Crippen LogP contribution in [0.1, 0.15) is 41.0 Å². The first-order valence-electron chi connectivity index (χ1n) is 9.09. The zero-order valence-electron chi connectivity index (χ0n) is 16.3. The van der Waals surface area contributed by atoms with E-state index in [1.807, 2.05) is 0 Å². The predicted octanol–water partition coefficient (Wildman–Crippen LogP) is 5.38. The maximum absolute atomic E-state index is 5.66. The molecule has 0 N–H and O–H groups in total. The third-order valence-corrected chi connectivity index (χ3v) is 9.51. The molecule has 0 radical (unpaired) electrons. The van der Waals surface area contributed by atoms with Crippen LogP contribution in [0.3, 0.4) is 0 Å². The quantitative estimate of drug-likeness (QED) is 0.520. The fourth-order valence-corrected chi connectivity index (χ4v) is 7.24. The maximum Gasteiger partial charge on any atom is 0.151 e. The molecule has 24 heavy (non-hydrogen) atoms. The number of oxime groups is 1. The van der Waals surface area contributed by atoms with Gasteiger partial charge in [-0.15, -0.1) is 0 Å². The van der Waals surface area contributed by atoms with E-state index in [-0.39, 0.29) is 11.5 Å². The molecule has 0 unspecified atom stereocenters. The average Bonchev–Trinajstić information content (AvgIpc) is 2.97. The van der Waals surface area contributed by atoms with Crippen LogP contribution in [0.2, 0.25) is 18.6 Å². The number of hydrogen-bond donors (Lipinski definition) is 0. The SMILES string of the molecule is CC(C)[C@@H](/C=C\[C@@H]1CC(C(C)(C)C)=NO1)[Si](C)(C)c1ccccc1. The van der Waals surface area contributed by atoms with Gasteiger partial charge in [0, 0.05) is 11.8 Å². The van der Waals surface area contributed by atoms with E-state index in [0.717, 1.165) is 12.1 Å². The van der Waals surface area contributed by atoms with Crippen molar-refractivity contribution >= 4 is 19.0 Å². The molecule has 3 heteroatoms. The second kappa shape index (κ2) is 7.26. The third kappa shape index (κ3) is 4.38. The summed E-state index contributed by atoms with van der Waals surface area (Å²) in [5, 5.41) is 5.83. The van der Waals surface area contributed by atoms with Gasteiger partial charge < -0.3 is 4.84 Å². The Hall–Kier alpha value is -1.35. The van der Waals surface area contributed by atoms with Crippen molar-refractivity contribution < 1.29 is 4.84 Å². The number of hydrogen-bond acceptors (Lipinski definition) is 2. The number of benzene rings is 1. The Morgan fingerprint density at radius 1 is 1.17 bits per heavy atom. The second-order valence-electron chi connectivity index (χ2n) is 8.88. The van der Waals surface area contributed by atoms with Gasteiger partial charge in [-0.1, -0.05) is 94.5 Å². The molecule has 0 bridgehead atoms. The summed E-state index contributed by atoms with van der Waals surface area (Å²) in [5.74, 6) is 0.618. The standard InChI is InChI=1S/C21H33NOSi/c1-16(2)19(24(6,7)18-11-9-8-10-12-18)14-13-17-15-20(22-23-17)21(3,4)5/h8-14,16-17,19H,15H2,1-7H3/b14-13-/t17-,19-/m1/s1. The van der Waals surface area contributed by atoms with Gasteiger partial charge in [0.05, 0.1) is 13.8 Å². The smallest absolute Gasteiger partial charge is 0.151 e. The molecule has 1 aromatic carbocycles. The molecular weight excluding hydrogens is 310 g/mol. The van der Waals surface area contributed by atoms with Gasteiger partial charge >= 0.3 is 0 Å². The maximum atomic E-state index is 5.66. The highest BCUT2D eigenvalue weighted by Gasteiger charge is 2.34. The van der Waals surface area contributed by atoms with Crippen molar-refractivity contribution in [3.8, 4) is 0 Å². The van der Waals surface area contributed by atoms with E-state index >= 15 is 0 Å². The number of rotatable bonds is 5. The lowest BCUT2D eigenvalue weighted by Gasteiger charge is -2.34.